The lowest BCUT2D eigenvalue weighted by atomic mass is 9.85. The molecule has 0 aromatic heterocycles. The highest BCUT2D eigenvalue weighted by Gasteiger charge is 2.41. The zero-order valence-electron chi connectivity index (χ0n) is 10.6. The van der Waals surface area contributed by atoms with Gasteiger partial charge in [0, 0.05) is 0 Å². The predicted octanol–water partition coefficient (Wildman–Crippen LogP) is 2.64. The minimum Gasteiger partial charge on any atom is -0.317 e. The number of carbonyl (C=O) groups is 1. The summed E-state index contributed by atoms with van der Waals surface area (Å²) in [7, 11) is 0. The third-order valence-electron chi connectivity index (χ3n) is 4.69. The Balaban J connectivity index is 1.76. The van der Waals surface area contributed by atoms with Crippen molar-refractivity contribution < 1.29 is 13.7 Å². The average molecular weight is 248 g/mol. The van der Waals surface area contributed by atoms with Crippen molar-refractivity contribution in [2.75, 3.05) is 26.2 Å². The Bertz CT molecular complexity index is 450. The number of hydrogen-bond donors (Lipinski definition) is 0. The maximum Gasteiger partial charge on any atom is 0.219 e. The Hall–Kier alpha value is -1.22. The first kappa shape index (κ1) is 11.8. The van der Waals surface area contributed by atoms with Crippen LogP contribution in [0.1, 0.15) is 29.6 Å². The number of hydrogen-bond acceptors (Lipinski definition) is 1. The van der Waals surface area contributed by atoms with Crippen LogP contribution in [0.15, 0.2) is 24.3 Å². The van der Waals surface area contributed by atoms with E-state index >= 15 is 0 Å². The molecule has 1 aromatic rings. The van der Waals surface area contributed by atoms with E-state index in [-0.39, 0.29) is 17.2 Å². The molecule has 3 heteroatoms. The van der Waals surface area contributed by atoms with Gasteiger partial charge in [-0.05, 0) is 37.3 Å². The lowest BCUT2D eigenvalue weighted by molar-refractivity contribution is -0.935. The second-order valence-electron chi connectivity index (χ2n) is 5.81. The molecule has 0 atom stereocenters. The molecular weight excluding hydrogens is 229 g/mol. The number of carbonyl (C=O) groups excluding carboxylic acids is 1. The van der Waals surface area contributed by atoms with Crippen molar-refractivity contribution in [2.24, 2.45) is 5.92 Å². The monoisotopic (exact) mass is 248 g/mol. The smallest absolute Gasteiger partial charge is 0.219 e. The second kappa shape index (κ2) is 4.47. The number of nitrogens with zero attached hydrogens (tertiary/aromatic N) is 1. The van der Waals surface area contributed by atoms with E-state index in [1.807, 2.05) is 0 Å². The zero-order valence-corrected chi connectivity index (χ0v) is 10.6. The van der Waals surface area contributed by atoms with Gasteiger partial charge in [-0.25, -0.2) is 4.39 Å². The van der Waals surface area contributed by atoms with Gasteiger partial charge in [0.2, 0.25) is 5.78 Å². The second-order valence-corrected chi connectivity index (χ2v) is 5.81. The molecule has 4 rings (SSSR count). The van der Waals surface area contributed by atoms with Crippen LogP contribution in [-0.4, -0.2) is 36.4 Å². The van der Waals surface area contributed by atoms with E-state index < -0.39 is 0 Å². The highest BCUT2D eigenvalue weighted by molar-refractivity contribution is 5.97. The quantitative estimate of drug-likeness (QED) is 0.593. The van der Waals surface area contributed by atoms with Gasteiger partial charge in [-0.15, -0.1) is 0 Å². The van der Waals surface area contributed by atoms with Crippen molar-refractivity contribution in [3.05, 3.63) is 35.6 Å². The molecule has 2 bridgehead atoms. The maximum absolute atomic E-state index is 13.6. The molecule has 0 N–H and O–H groups in total. The summed E-state index contributed by atoms with van der Waals surface area (Å²) >= 11 is 0. The van der Waals surface area contributed by atoms with E-state index in [1.54, 1.807) is 18.2 Å². The Morgan fingerprint density at radius 3 is 2.39 bits per heavy atom. The lowest BCUT2D eigenvalue weighted by Crippen LogP contribution is -2.60. The first-order chi connectivity index (χ1) is 8.69. The van der Waals surface area contributed by atoms with Gasteiger partial charge in [-0.2, -0.15) is 0 Å². The maximum atomic E-state index is 13.6. The summed E-state index contributed by atoms with van der Waals surface area (Å²) in [5.41, 5.74) is 0.262. The number of piperidine rings is 3. The van der Waals surface area contributed by atoms with E-state index in [0.717, 1.165) is 30.0 Å². The molecule has 2 nitrogen and oxygen atoms in total. The fourth-order valence-electron chi connectivity index (χ4n) is 3.45. The van der Waals surface area contributed by atoms with Gasteiger partial charge in [0.15, 0.2) is 0 Å². The number of rotatable bonds is 3. The summed E-state index contributed by atoms with van der Waals surface area (Å²) in [5.74, 6) is 0.467. The Morgan fingerprint density at radius 2 is 1.78 bits per heavy atom. The van der Waals surface area contributed by atoms with Crippen molar-refractivity contribution in [3.63, 3.8) is 0 Å². The summed E-state index contributed by atoms with van der Waals surface area (Å²) < 4.78 is 14.5. The normalized spacial score (nSPS) is 30.4. The predicted molar refractivity (Wildman–Crippen MR) is 67.8 cm³/mol. The molecule has 0 radical (unpaired) electrons. The van der Waals surface area contributed by atoms with Gasteiger partial charge >= 0.3 is 0 Å². The summed E-state index contributed by atoms with van der Waals surface area (Å²) in [6.07, 6.45) is 3.72. The summed E-state index contributed by atoms with van der Waals surface area (Å²) in [5, 5.41) is 0. The molecule has 3 heterocycles. The van der Waals surface area contributed by atoms with E-state index in [4.69, 9.17) is 0 Å². The fraction of sp³-hybridized carbons (Fsp3) is 0.533. The van der Waals surface area contributed by atoms with Crippen LogP contribution >= 0.6 is 0 Å². The summed E-state index contributed by atoms with van der Waals surface area (Å²) in [4.78, 5) is 12.3. The average Bonchev–Trinajstić information content (AvgIpc) is 2.40. The van der Waals surface area contributed by atoms with Crippen LogP contribution in [0.4, 0.5) is 4.39 Å². The molecule has 3 saturated heterocycles. The first-order valence-corrected chi connectivity index (χ1v) is 6.81. The molecule has 0 amide bonds. The van der Waals surface area contributed by atoms with Gasteiger partial charge in [0.25, 0.3) is 0 Å². The van der Waals surface area contributed by atoms with Crippen LogP contribution in [0.5, 0.6) is 0 Å². The molecule has 18 heavy (non-hydrogen) atoms. The number of halogens is 1. The van der Waals surface area contributed by atoms with Crippen molar-refractivity contribution >= 4 is 5.78 Å². The van der Waals surface area contributed by atoms with Crippen molar-refractivity contribution in [3.8, 4) is 0 Å². The standard InChI is InChI=1S/C15H19FNO/c16-14-4-2-1-3-13(14)15(18)11-17-8-5-12(6-9-17)7-10-17/h1-4,12H,5-11H2/q+1. The molecule has 3 aliphatic heterocycles. The van der Waals surface area contributed by atoms with Gasteiger partial charge in [0.05, 0.1) is 25.2 Å². The van der Waals surface area contributed by atoms with E-state index in [0.29, 0.717) is 6.54 Å². The third-order valence-corrected chi connectivity index (χ3v) is 4.69. The molecule has 96 valence electrons. The SMILES string of the molecule is O=C(C[N+]12CCC(CC1)CC2)c1ccccc1F. The lowest BCUT2D eigenvalue weighted by Gasteiger charge is -2.48. The topological polar surface area (TPSA) is 17.1 Å². The largest absolute Gasteiger partial charge is 0.317 e. The number of fused-ring (bicyclic) bond motifs is 3. The summed E-state index contributed by atoms with van der Waals surface area (Å²) in [6.45, 7) is 3.79. The first-order valence-electron chi connectivity index (χ1n) is 6.81. The van der Waals surface area contributed by atoms with E-state index in [9.17, 15) is 9.18 Å². The highest BCUT2D eigenvalue weighted by Crippen LogP contribution is 2.33. The number of Topliss-reactive ketones (excluding diaryl/α,β-unsaturated/α-hetero) is 1. The van der Waals surface area contributed by atoms with Gasteiger partial charge in [0.1, 0.15) is 12.4 Å². The highest BCUT2D eigenvalue weighted by atomic mass is 19.1. The van der Waals surface area contributed by atoms with Crippen LogP contribution in [0.3, 0.4) is 0 Å². The van der Waals surface area contributed by atoms with Crippen LogP contribution in [0, 0.1) is 11.7 Å². The Labute approximate surface area is 107 Å². The minimum absolute atomic E-state index is 0.0338. The van der Waals surface area contributed by atoms with Crippen LogP contribution in [0.2, 0.25) is 0 Å². The number of benzene rings is 1. The molecular formula is C15H19FNO+. The molecule has 1 aromatic carbocycles. The molecule has 0 unspecified atom stereocenters. The Kier molecular flexibility index (Phi) is 2.94. The minimum atomic E-state index is -0.382. The van der Waals surface area contributed by atoms with E-state index in [2.05, 4.69) is 0 Å². The van der Waals surface area contributed by atoms with Crippen LogP contribution < -0.4 is 0 Å². The molecule has 0 saturated carbocycles. The molecule has 0 spiro atoms. The molecule has 3 aliphatic rings. The van der Waals surface area contributed by atoms with Gasteiger partial charge < -0.3 is 4.48 Å². The summed E-state index contributed by atoms with van der Waals surface area (Å²) in [6, 6.07) is 6.34. The number of quaternary nitrogens is 1. The zero-order chi connectivity index (χ0) is 12.6. The van der Waals surface area contributed by atoms with E-state index in [1.165, 1.54) is 25.3 Å². The third kappa shape index (κ3) is 2.07. The van der Waals surface area contributed by atoms with Crippen molar-refractivity contribution in [1.82, 2.24) is 0 Å². The van der Waals surface area contributed by atoms with Gasteiger partial charge in [-0.1, -0.05) is 12.1 Å². The van der Waals surface area contributed by atoms with Gasteiger partial charge in [-0.3, -0.25) is 4.79 Å². The Morgan fingerprint density at radius 1 is 1.17 bits per heavy atom. The molecule has 0 aliphatic carbocycles. The van der Waals surface area contributed by atoms with Crippen molar-refractivity contribution in [1.29, 1.82) is 0 Å². The van der Waals surface area contributed by atoms with Crippen LogP contribution in [-0.2, 0) is 0 Å². The van der Waals surface area contributed by atoms with Crippen LogP contribution in [0.25, 0.3) is 0 Å². The fourth-order valence-corrected chi connectivity index (χ4v) is 3.45. The molecule has 3 fully saturated rings. The number of ketones is 1. The van der Waals surface area contributed by atoms with Crippen molar-refractivity contribution in [2.45, 2.75) is 19.3 Å².